The number of halogens is 2. The van der Waals surface area contributed by atoms with Gasteiger partial charge in [0.05, 0.1) is 5.02 Å². The monoisotopic (exact) mass is 313 g/mol. The molecule has 1 heterocycles. The van der Waals surface area contributed by atoms with Crippen molar-refractivity contribution in [1.82, 2.24) is 9.97 Å². The van der Waals surface area contributed by atoms with Crippen LogP contribution in [0.3, 0.4) is 0 Å². The summed E-state index contributed by atoms with van der Waals surface area (Å²) in [5.41, 5.74) is 6.47. The van der Waals surface area contributed by atoms with Gasteiger partial charge >= 0.3 is 0 Å². The van der Waals surface area contributed by atoms with Gasteiger partial charge in [-0.3, -0.25) is 4.79 Å². The summed E-state index contributed by atoms with van der Waals surface area (Å²) in [5, 5.41) is 0.393. The lowest BCUT2D eigenvalue weighted by Gasteiger charge is -2.07. The summed E-state index contributed by atoms with van der Waals surface area (Å²) in [6.45, 7) is 2.01. The highest BCUT2D eigenvalue weighted by Gasteiger charge is 2.10. The first kappa shape index (κ1) is 14.9. The van der Waals surface area contributed by atoms with Crippen LogP contribution in [0.25, 0.3) is 0 Å². The third-order valence-electron chi connectivity index (χ3n) is 2.54. The number of aromatic amines is 1. The molecule has 0 radical (unpaired) electrons. The van der Waals surface area contributed by atoms with Crippen molar-refractivity contribution in [3.05, 3.63) is 45.1 Å². The van der Waals surface area contributed by atoms with E-state index in [2.05, 4.69) is 9.97 Å². The fourth-order valence-corrected chi connectivity index (χ4v) is 2.76. The molecule has 0 saturated carbocycles. The molecule has 20 heavy (non-hydrogen) atoms. The lowest BCUT2D eigenvalue weighted by molar-refractivity contribution is 0.628. The van der Waals surface area contributed by atoms with Gasteiger partial charge in [-0.1, -0.05) is 24.9 Å². The maximum atomic E-state index is 13.2. The molecule has 0 unspecified atom stereocenters. The summed E-state index contributed by atoms with van der Waals surface area (Å²) in [6.07, 6.45) is 1.61. The number of anilines is 1. The van der Waals surface area contributed by atoms with Crippen molar-refractivity contribution in [2.45, 2.75) is 29.8 Å². The lowest BCUT2D eigenvalue weighted by Crippen LogP contribution is -2.10. The van der Waals surface area contributed by atoms with Crippen molar-refractivity contribution in [1.29, 1.82) is 0 Å². The number of hydrogen-bond donors (Lipinski definition) is 2. The number of rotatable bonds is 4. The molecule has 3 N–H and O–H groups in total. The summed E-state index contributed by atoms with van der Waals surface area (Å²) in [4.78, 5) is 19.1. The zero-order valence-electron chi connectivity index (χ0n) is 10.7. The van der Waals surface area contributed by atoms with Crippen LogP contribution in [0.15, 0.2) is 33.0 Å². The highest BCUT2D eigenvalue weighted by molar-refractivity contribution is 7.99. The van der Waals surface area contributed by atoms with Crippen LogP contribution < -0.4 is 11.3 Å². The first-order chi connectivity index (χ1) is 9.49. The molecule has 1 aromatic carbocycles. The molecule has 1 aromatic heterocycles. The Labute approximate surface area is 124 Å². The van der Waals surface area contributed by atoms with Gasteiger partial charge in [-0.05, 0) is 30.3 Å². The molecule has 2 aromatic rings. The molecule has 0 aliphatic heterocycles. The summed E-state index contributed by atoms with van der Waals surface area (Å²) in [5.74, 6) is -0.574. The second kappa shape index (κ2) is 6.28. The molecule has 0 spiro atoms. The Hall–Kier alpha value is -1.53. The summed E-state index contributed by atoms with van der Waals surface area (Å²) in [7, 11) is 0. The van der Waals surface area contributed by atoms with Gasteiger partial charge in [-0.15, -0.1) is 0 Å². The van der Waals surface area contributed by atoms with Crippen molar-refractivity contribution < 1.29 is 4.39 Å². The SMILES string of the molecule is CCCc1cc(=O)[nH]c(Sc2cc(Cl)c(F)cc2N)n1. The molecule has 0 fully saturated rings. The van der Waals surface area contributed by atoms with Gasteiger partial charge in [0.25, 0.3) is 5.56 Å². The van der Waals surface area contributed by atoms with Crippen LogP contribution in [-0.4, -0.2) is 9.97 Å². The highest BCUT2D eigenvalue weighted by atomic mass is 35.5. The summed E-state index contributed by atoms with van der Waals surface area (Å²) in [6, 6.07) is 4.04. The van der Waals surface area contributed by atoms with Gasteiger partial charge in [0.1, 0.15) is 5.82 Å². The van der Waals surface area contributed by atoms with E-state index < -0.39 is 5.82 Å². The van der Waals surface area contributed by atoms with Crippen LogP contribution in [-0.2, 0) is 6.42 Å². The van der Waals surface area contributed by atoms with E-state index in [0.717, 1.165) is 30.7 Å². The van der Waals surface area contributed by atoms with Gasteiger partial charge in [0.15, 0.2) is 5.16 Å². The number of hydrogen-bond acceptors (Lipinski definition) is 4. The molecular formula is C13H13ClFN3OS. The Morgan fingerprint density at radius 3 is 2.90 bits per heavy atom. The second-order valence-corrected chi connectivity index (χ2v) is 5.64. The van der Waals surface area contributed by atoms with Crippen LogP contribution in [0.1, 0.15) is 19.0 Å². The normalized spacial score (nSPS) is 10.8. The van der Waals surface area contributed by atoms with E-state index in [1.165, 1.54) is 12.1 Å². The van der Waals surface area contributed by atoms with E-state index in [4.69, 9.17) is 17.3 Å². The van der Waals surface area contributed by atoms with Gasteiger partial charge in [0.2, 0.25) is 0 Å². The van der Waals surface area contributed by atoms with Crippen LogP contribution in [0.5, 0.6) is 0 Å². The molecule has 0 aliphatic carbocycles. The standard InChI is InChI=1S/C13H13ClFN3OS/c1-2-3-7-4-12(19)18-13(17-7)20-11-5-8(14)9(15)6-10(11)16/h4-6H,2-3,16H2,1H3,(H,17,18,19). The van der Waals surface area contributed by atoms with Gasteiger partial charge in [-0.2, -0.15) is 0 Å². The van der Waals surface area contributed by atoms with E-state index in [-0.39, 0.29) is 16.3 Å². The van der Waals surface area contributed by atoms with E-state index in [9.17, 15) is 9.18 Å². The fourth-order valence-electron chi connectivity index (χ4n) is 1.65. The molecule has 0 atom stereocenters. The number of nitrogens with zero attached hydrogens (tertiary/aromatic N) is 1. The number of nitrogens with one attached hydrogen (secondary N) is 1. The number of nitrogens with two attached hydrogens (primary N) is 1. The number of benzene rings is 1. The lowest BCUT2D eigenvalue weighted by atomic mass is 10.2. The van der Waals surface area contributed by atoms with Crippen molar-refractivity contribution in [3.8, 4) is 0 Å². The Bertz CT molecular complexity index is 690. The quantitative estimate of drug-likeness (QED) is 0.671. The van der Waals surface area contributed by atoms with E-state index in [0.29, 0.717) is 15.7 Å². The van der Waals surface area contributed by atoms with Crippen LogP contribution in [0.2, 0.25) is 5.02 Å². The third-order valence-corrected chi connectivity index (χ3v) is 3.79. The van der Waals surface area contributed by atoms with Gasteiger partial charge in [-0.25, -0.2) is 9.37 Å². The molecule has 2 rings (SSSR count). The number of aromatic nitrogens is 2. The van der Waals surface area contributed by atoms with Crippen molar-refractivity contribution in [2.75, 3.05) is 5.73 Å². The predicted molar refractivity (Wildman–Crippen MR) is 78.8 cm³/mol. The Morgan fingerprint density at radius 2 is 2.20 bits per heavy atom. The average Bonchev–Trinajstić information content (AvgIpc) is 2.35. The molecule has 4 nitrogen and oxygen atoms in total. The highest BCUT2D eigenvalue weighted by Crippen LogP contribution is 2.33. The number of nitrogen functional groups attached to an aromatic ring is 1. The van der Waals surface area contributed by atoms with E-state index in [1.807, 2.05) is 6.92 Å². The fraction of sp³-hybridized carbons (Fsp3) is 0.231. The molecule has 0 aliphatic rings. The summed E-state index contributed by atoms with van der Waals surface area (Å²) >= 11 is 6.88. The molecule has 0 saturated heterocycles. The molecule has 0 amide bonds. The maximum Gasteiger partial charge on any atom is 0.251 e. The van der Waals surface area contributed by atoms with E-state index >= 15 is 0 Å². The Kier molecular flexibility index (Phi) is 4.67. The molecule has 7 heteroatoms. The second-order valence-electron chi connectivity index (χ2n) is 4.20. The Balaban J connectivity index is 2.34. The van der Waals surface area contributed by atoms with Crippen molar-refractivity contribution in [3.63, 3.8) is 0 Å². The Morgan fingerprint density at radius 1 is 1.45 bits per heavy atom. The molecule has 106 valence electrons. The van der Waals surface area contributed by atoms with Gasteiger partial charge < -0.3 is 10.7 Å². The minimum atomic E-state index is -0.574. The maximum absolute atomic E-state index is 13.2. The minimum Gasteiger partial charge on any atom is -0.398 e. The molecular weight excluding hydrogens is 301 g/mol. The average molecular weight is 314 g/mol. The third kappa shape index (κ3) is 3.52. The zero-order chi connectivity index (χ0) is 14.7. The molecule has 0 bridgehead atoms. The zero-order valence-corrected chi connectivity index (χ0v) is 12.3. The minimum absolute atomic E-state index is 0.0197. The largest absolute Gasteiger partial charge is 0.398 e. The number of aryl methyl sites for hydroxylation is 1. The summed E-state index contributed by atoms with van der Waals surface area (Å²) < 4.78 is 13.2. The predicted octanol–water partition coefficient (Wildman–Crippen LogP) is 3.25. The first-order valence-electron chi connectivity index (χ1n) is 6.02. The van der Waals surface area contributed by atoms with Crippen molar-refractivity contribution >= 4 is 29.1 Å². The van der Waals surface area contributed by atoms with Crippen LogP contribution in [0.4, 0.5) is 10.1 Å². The topological polar surface area (TPSA) is 71.8 Å². The van der Waals surface area contributed by atoms with Gasteiger partial charge in [0, 0.05) is 22.3 Å². The van der Waals surface area contributed by atoms with Crippen LogP contribution in [0, 0.1) is 5.82 Å². The van der Waals surface area contributed by atoms with Crippen LogP contribution >= 0.6 is 23.4 Å². The van der Waals surface area contributed by atoms with Crippen molar-refractivity contribution in [2.24, 2.45) is 0 Å². The number of H-pyrrole nitrogens is 1. The van der Waals surface area contributed by atoms with E-state index in [1.54, 1.807) is 0 Å². The smallest absolute Gasteiger partial charge is 0.251 e. The first-order valence-corrected chi connectivity index (χ1v) is 7.21.